The summed E-state index contributed by atoms with van der Waals surface area (Å²) < 4.78 is 0. The van der Waals surface area contributed by atoms with Crippen LogP contribution < -0.4 is 33.9 Å². The number of rotatable bonds is 11. The number of amidine groups is 1. The van der Waals surface area contributed by atoms with Crippen molar-refractivity contribution in [1.82, 2.24) is 15.8 Å². The molecule has 4 rings (SSSR count). The third-order valence-corrected chi connectivity index (χ3v) is 7.85. The van der Waals surface area contributed by atoms with Gasteiger partial charge >= 0.3 is 0 Å². The largest absolute Gasteiger partial charge is 0.385 e. The average Bonchev–Trinajstić information content (AvgIpc) is 3.67. The molecular formula is C31H45N9O3. The highest BCUT2D eigenvalue weighted by molar-refractivity contribution is 6.05. The monoisotopic (exact) mass is 591 g/mol. The summed E-state index contributed by atoms with van der Waals surface area (Å²) in [6.45, 7) is 9.78. The van der Waals surface area contributed by atoms with E-state index in [1.54, 1.807) is 42.2 Å². The topological polar surface area (TPSA) is 219 Å². The van der Waals surface area contributed by atoms with Crippen LogP contribution in [0, 0.1) is 17.2 Å². The molecule has 0 radical (unpaired) electrons. The molecule has 232 valence electrons. The summed E-state index contributed by atoms with van der Waals surface area (Å²) in [5.41, 5.74) is 21.7. The van der Waals surface area contributed by atoms with E-state index >= 15 is 0 Å². The molecule has 0 heterocycles. The van der Waals surface area contributed by atoms with Crippen LogP contribution >= 0.6 is 0 Å². The van der Waals surface area contributed by atoms with Crippen LogP contribution in [0.25, 0.3) is 11.1 Å². The lowest BCUT2D eigenvalue weighted by molar-refractivity contribution is -0.132. The molecule has 5 atom stereocenters. The minimum Gasteiger partial charge on any atom is -0.385 e. The van der Waals surface area contributed by atoms with Gasteiger partial charge in [0, 0.05) is 23.2 Å². The molecule has 0 spiro atoms. The van der Waals surface area contributed by atoms with Gasteiger partial charge in [0.15, 0.2) is 0 Å². The number of nitrogens with zero attached hydrogens (tertiary/aromatic N) is 3. The van der Waals surface area contributed by atoms with Gasteiger partial charge in [-0.1, -0.05) is 39.0 Å². The molecule has 10 N–H and O–H groups in total. The van der Waals surface area contributed by atoms with Gasteiger partial charge in [0.1, 0.15) is 18.2 Å². The Morgan fingerprint density at radius 3 is 2.23 bits per heavy atom. The van der Waals surface area contributed by atoms with Crippen molar-refractivity contribution in [2.75, 3.05) is 13.6 Å². The van der Waals surface area contributed by atoms with Gasteiger partial charge in [0.2, 0.25) is 11.8 Å². The third-order valence-electron chi connectivity index (χ3n) is 7.85. The Kier molecular flexibility index (Phi) is 12.4. The van der Waals surface area contributed by atoms with Gasteiger partial charge in [0.05, 0.1) is 18.0 Å². The Morgan fingerprint density at radius 2 is 1.72 bits per heavy atom. The van der Waals surface area contributed by atoms with Crippen LogP contribution in [0.2, 0.25) is 0 Å². The lowest BCUT2D eigenvalue weighted by atomic mass is 9.72. The first-order valence-electron chi connectivity index (χ1n) is 14.4. The van der Waals surface area contributed by atoms with Crippen LogP contribution in [0.15, 0.2) is 41.5 Å². The highest BCUT2D eigenvalue weighted by Gasteiger charge is 2.48. The number of carbonyl (C=O) groups excluding carboxylic acids is 3. The van der Waals surface area contributed by atoms with Crippen molar-refractivity contribution < 1.29 is 14.4 Å². The van der Waals surface area contributed by atoms with E-state index in [0.29, 0.717) is 29.0 Å². The molecule has 43 heavy (non-hydrogen) atoms. The van der Waals surface area contributed by atoms with Crippen LogP contribution in [-0.4, -0.2) is 60.6 Å². The summed E-state index contributed by atoms with van der Waals surface area (Å²) in [5.74, 6) is 5.37. The number of hydrazone groups is 1. The molecule has 2 aromatic carbocycles. The number of hydrazine groups is 1. The fraction of sp³-hybridized carbons (Fsp3) is 0.452. The number of hydrogen-bond donors (Lipinski definition) is 6. The van der Waals surface area contributed by atoms with Crippen molar-refractivity contribution in [1.29, 1.82) is 5.26 Å². The number of hydrogen-bond acceptors (Lipinski definition) is 9. The highest BCUT2D eigenvalue weighted by Crippen LogP contribution is 2.52. The summed E-state index contributed by atoms with van der Waals surface area (Å²) in [7, 11) is 1.50. The molecule has 0 aromatic heterocycles. The second kappa shape index (κ2) is 15.2. The molecule has 2 aliphatic carbocycles. The van der Waals surface area contributed by atoms with Crippen LogP contribution in [0.5, 0.6) is 0 Å². The Balaban J connectivity index is 0.00000155. The fourth-order valence-electron chi connectivity index (χ4n) is 5.76. The van der Waals surface area contributed by atoms with Gasteiger partial charge in [-0.05, 0) is 80.1 Å². The molecule has 2 aliphatic rings. The zero-order chi connectivity index (χ0) is 32.5. The minimum atomic E-state index is -0.991. The van der Waals surface area contributed by atoms with Crippen molar-refractivity contribution in [3.63, 3.8) is 0 Å². The number of nitrogens with one attached hydrogen (secondary N) is 2. The van der Waals surface area contributed by atoms with E-state index in [9.17, 15) is 19.6 Å². The predicted octanol–water partition coefficient (Wildman–Crippen LogP) is 1.72. The van der Waals surface area contributed by atoms with Gasteiger partial charge in [-0.2, -0.15) is 10.4 Å². The number of aldehydes is 1. The summed E-state index contributed by atoms with van der Waals surface area (Å²) in [6, 6.07) is 11.9. The number of primary amides is 1. The Bertz CT molecular complexity index is 1390. The van der Waals surface area contributed by atoms with E-state index in [0.717, 1.165) is 29.4 Å². The molecular weight excluding hydrogens is 546 g/mol. The van der Waals surface area contributed by atoms with Gasteiger partial charge in [-0.15, -0.1) is 0 Å². The summed E-state index contributed by atoms with van der Waals surface area (Å²) in [5, 5.41) is 16.9. The second-order valence-electron chi connectivity index (χ2n) is 10.5. The van der Waals surface area contributed by atoms with Gasteiger partial charge in [0.25, 0.3) is 0 Å². The second-order valence-corrected chi connectivity index (χ2v) is 10.5. The number of nitrogens with two attached hydrogens (primary N) is 4. The van der Waals surface area contributed by atoms with Gasteiger partial charge in [-0.3, -0.25) is 14.4 Å². The number of carbonyl (C=O) groups is 3. The first-order chi connectivity index (χ1) is 20.6. The summed E-state index contributed by atoms with van der Waals surface area (Å²) in [4.78, 5) is 38.4. The van der Waals surface area contributed by atoms with Gasteiger partial charge < -0.3 is 27.4 Å². The van der Waals surface area contributed by atoms with E-state index in [-0.39, 0.29) is 30.4 Å². The normalized spacial score (nSPS) is 20.8. The standard InChI is InChI=1S/C28H34N8O3.C2H6.CH5N/c1-15-8-24(15)36(17(3)12-29)25(38)13-33-16(2)11-28(27(31)34-35-32)22-6-4-18(14-37)9-20(22)21-10-19(26(30)39)5-7-23(21)28;2*1-2/h4-7,9-10,14-17,24,33,35H,8,11,13,32H2,1-3H3,(H2,30,39)(H2,31,34);1-2H3;2H2,1H3/t15?,16-,17?,24?,28?;;/m1../s1. The zero-order valence-corrected chi connectivity index (χ0v) is 25.8. The third kappa shape index (κ3) is 7.02. The van der Waals surface area contributed by atoms with Gasteiger partial charge in [-0.25, -0.2) is 11.4 Å². The quantitative estimate of drug-likeness (QED) is 0.0735. The maximum absolute atomic E-state index is 13.2. The number of fused-ring (bicyclic) bond motifs is 3. The highest BCUT2D eigenvalue weighted by atomic mass is 16.2. The Hall–Kier alpha value is -4.31. The lowest BCUT2D eigenvalue weighted by Gasteiger charge is -2.34. The van der Waals surface area contributed by atoms with E-state index in [1.807, 2.05) is 26.8 Å². The van der Waals surface area contributed by atoms with Crippen molar-refractivity contribution in [2.24, 2.45) is 34.1 Å². The van der Waals surface area contributed by atoms with E-state index in [1.165, 1.54) is 7.05 Å². The summed E-state index contributed by atoms with van der Waals surface area (Å²) >= 11 is 0. The van der Waals surface area contributed by atoms with Crippen molar-refractivity contribution in [2.45, 2.75) is 71.0 Å². The summed E-state index contributed by atoms with van der Waals surface area (Å²) in [6.07, 6.45) is 2.02. The molecule has 2 amide bonds. The molecule has 4 unspecified atom stereocenters. The first-order valence-corrected chi connectivity index (χ1v) is 14.4. The number of amides is 2. The molecule has 0 aliphatic heterocycles. The van der Waals surface area contributed by atoms with E-state index in [2.05, 4.69) is 34.7 Å². The molecule has 0 saturated heterocycles. The van der Waals surface area contributed by atoms with Crippen molar-refractivity contribution in [3.8, 4) is 17.2 Å². The molecule has 2 aromatic rings. The molecule has 12 nitrogen and oxygen atoms in total. The first kappa shape index (κ1) is 34.9. The lowest BCUT2D eigenvalue weighted by Crippen LogP contribution is -2.50. The predicted molar refractivity (Wildman–Crippen MR) is 169 cm³/mol. The van der Waals surface area contributed by atoms with E-state index in [4.69, 9.17) is 17.3 Å². The molecule has 0 bridgehead atoms. The molecule has 12 heteroatoms. The maximum Gasteiger partial charge on any atom is 0.248 e. The smallest absolute Gasteiger partial charge is 0.248 e. The fourth-order valence-corrected chi connectivity index (χ4v) is 5.76. The van der Waals surface area contributed by atoms with Crippen LogP contribution in [0.3, 0.4) is 0 Å². The minimum absolute atomic E-state index is 0.0447. The maximum atomic E-state index is 13.2. The average molecular weight is 592 g/mol. The zero-order valence-electron chi connectivity index (χ0n) is 25.8. The van der Waals surface area contributed by atoms with Crippen molar-refractivity contribution in [3.05, 3.63) is 58.7 Å². The SMILES string of the molecule is CC.CC1CC1N(C(=O)CN[C@H](C)CC1(/C(N)=N/NN)c2ccc(C=O)cc2-c2cc(C(N)=O)ccc21)C(C)C#N.CN. The Morgan fingerprint density at radius 1 is 1.14 bits per heavy atom. The molecule has 1 fully saturated rings. The number of benzene rings is 2. The number of nitriles is 1. The van der Waals surface area contributed by atoms with Crippen molar-refractivity contribution >= 4 is 23.9 Å². The van der Waals surface area contributed by atoms with Crippen LogP contribution in [0.4, 0.5) is 0 Å². The van der Waals surface area contributed by atoms with Crippen LogP contribution in [0.1, 0.15) is 79.3 Å². The van der Waals surface area contributed by atoms with E-state index < -0.39 is 17.4 Å². The Labute approximate surface area is 253 Å². The molecule has 1 saturated carbocycles. The van der Waals surface area contributed by atoms with Crippen LogP contribution in [-0.2, 0) is 10.2 Å².